The second kappa shape index (κ2) is 8.71. The van der Waals surface area contributed by atoms with Crippen molar-refractivity contribution >= 4 is 47.4 Å². The molecule has 1 aliphatic heterocycles. The molecule has 0 saturated heterocycles. The van der Waals surface area contributed by atoms with Crippen LogP contribution in [0.5, 0.6) is 11.5 Å². The van der Waals surface area contributed by atoms with Gasteiger partial charge in [0.15, 0.2) is 17.5 Å². The first-order chi connectivity index (χ1) is 10.00. The number of nitrogens with two attached hydrogens (primary N) is 1. The van der Waals surface area contributed by atoms with Crippen LogP contribution in [0.25, 0.3) is 0 Å². The summed E-state index contributed by atoms with van der Waals surface area (Å²) in [6.45, 7) is 6.30. The number of hydrogen-bond acceptors (Lipinski definition) is 4. The molecule has 0 fully saturated rings. The molecule has 0 radical (unpaired) electrons. The molecule has 124 valence electrons. The fourth-order valence-corrected chi connectivity index (χ4v) is 1.96. The molecule has 22 heavy (non-hydrogen) atoms. The molecule has 0 atom stereocenters. The summed E-state index contributed by atoms with van der Waals surface area (Å²) in [7, 11) is 0. The van der Waals surface area contributed by atoms with Crippen LogP contribution in [-0.4, -0.2) is 36.7 Å². The van der Waals surface area contributed by atoms with E-state index in [1.165, 1.54) is 0 Å². The van der Waals surface area contributed by atoms with Crippen LogP contribution in [0, 0.1) is 0 Å². The van der Waals surface area contributed by atoms with Crippen LogP contribution in [0.15, 0.2) is 23.2 Å². The van der Waals surface area contributed by atoms with Crippen LogP contribution >= 0.6 is 35.7 Å². The summed E-state index contributed by atoms with van der Waals surface area (Å²) in [4.78, 5) is 4.38. The first-order valence-corrected chi connectivity index (χ1v) is 8.24. The smallest absolute Gasteiger partial charge is 0.193 e. The normalized spacial score (nSPS) is 14.8. The van der Waals surface area contributed by atoms with Crippen LogP contribution in [-0.2, 0) is 0 Å². The highest BCUT2D eigenvalue weighted by Crippen LogP contribution is 2.32. The van der Waals surface area contributed by atoms with Crippen molar-refractivity contribution in [2.24, 2.45) is 10.7 Å². The van der Waals surface area contributed by atoms with Gasteiger partial charge in [0.2, 0.25) is 0 Å². The molecule has 1 aliphatic rings. The predicted octanol–water partition coefficient (Wildman–Crippen LogP) is 3.33. The Balaban J connectivity index is 0.00000242. The lowest BCUT2D eigenvalue weighted by Crippen LogP contribution is -2.27. The van der Waals surface area contributed by atoms with Crippen LogP contribution in [0.1, 0.15) is 20.3 Å². The lowest BCUT2D eigenvalue weighted by Gasteiger charge is -2.19. The second-order valence-corrected chi connectivity index (χ2v) is 7.02. The van der Waals surface area contributed by atoms with Gasteiger partial charge in [-0.15, -0.1) is 24.0 Å². The van der Waals surface area contributed by atoms with E-state index in [0.29, 0.717) is 25.7 Å². The molecule has 0 spiro atoms. The maximum absolute atomic E-state index is 5.93. The number of benzene rings is 1. The van der Waals surface area contributed by atoms with Gasteiger partial charge in [0.05, 0.1) is 19.8 Å². The molecular weight excluding hydrogens is 413 g/mol. The third-order valence-corrected chi connectivity index (χ3v) is 4.44. The Kier molecular flexibility index (Phi) is 7.61. The molecule has 1 aromatic rings. The second-order valence-electron chi connectivity index (χ2n) is 5.50. The number of hydrogen-bond donors (Lipinski definition) is 2. The lowest BCUT2D eigenvalue weighted by atomic mass is 10.2. The summed E-state index contributed by atoms with van der Waals surface area (Å²) in [5, 5.41) is 3.09. The molecule has 0 amide bonds. The van der Waals surface area contributed by atoms with E-state index < -0.39 is 0 Å². The molecule has 1 heterocycles. The number of nitrogens with zero attached hydrogens (tertiary/aromatic N) is 1. The van der Waals surface area contributed by atoms with Gasteiger partial charge in [0, 0.05) is 22.9 Å². The van der Waals surface area contributed by atoms with Crippen LogP contribution in [0.3, 0.4) is 0 Å². The Morgan fingerprint density at radius 1 is 1.32 bits per heavy atom. The predicted molar refractivity (Wildman–Crippen MR) is 105 cm³/mol. The number of rotatable bonds is 4. The standard InChI is InChI=1S/C15H23N3O2S.HI/c1-15(2,21-3)10-17-14(16)18-11-5-6-12-13(9-11)20-8-4-7-19-12;/h5-6,9H,4,7-8,10H2,1-3H3,(H3,16,17,18);1H. The molecule has 1 aromatic carbocycles. The number of nitrogens with one attached hydrogen (secondary N) is 1. The number of aliphatic imine (C=N–C) groups is 1. The van der Waals surface area contributed by atoms with Crippen molar-refractivity contribution in [2.75, 3.05) is 31.3 Å². The van der Waals surface area contributed by atoms with Gasteiger partial charge in [0.1, 0.15) is 0 Å². The first-order valence-electron chi connectivity index (χ1n) is 7.02. The average molecular weight is 437 g/mol. The van der Waals surface area contributed by atoms with E-state index in [1.807, 2.05) is 18.2 Å². The minimum absolute atomic E-state index is 0. The van der Waals surface area contributed by atoms with E-state index in [9.17, 15) is 0 Å². The summed E-state index contributed by atoms with van der Waals surface area (Å²) in [6.07, 6.45) is 2.97. The van der Waals surface area contributed by atoms with Crippen molar-refractivity contribution in [3.8, 4) is 11.5 Å². The van der Waals surface area contributed by atoms with Gasteiger partial charge >= 0.3 is 0 Å². The number of halogens is 1. The summed E-state index contributed by atoms with van der Waals surface area (Å²) in [5.41, 5.74) is 6.78. The zero-order valence-corrected chi connectivity index (χ0v) is 16.4. The maximum atomic E-state index is 5.93. The monoisotopic (exact) mass is 437 g/mol. The van der Waals surface area contributed by atoms with Crippen molar-refractivity contribution < 1.29 is 9.47 Å². The third-order valence-electron chi connectivity index (χ3n) is 3.20. The van der Waals surface area contributed by atoms with Gasteiger partial charge in [-0.1, -0.05) is 0 Å². The van der Waals surface area contributed by atoms with Crippen molar-refractivity contribution in [3.05, 3.63) is 18.2 Å². The summed E-state index contributed by atoms with van der Waals surface area (Å²) in [6, 6.07) is 5.69. The zero-order valence-electron chi connectivity index (χ0n) is 13.2. The Hall–Kier alpha value is -0.830. The minimum Gasteiger partial charge on any atom is -0.490 e. The zero-order chi connectivity index (χ0) is 15.3. The maximum Gasteiger partial charge on any atom is 0.193 e. The van der Waals surface area contributed by atoms with E-state index >= 15 is 0 Å². The number of thioether (sulfide) groups is 1. The average Bonchev–Trinajstić information content (AvgIpc) is 2.70. The molecule has 0 aliphatic carbocycles. The highest BCUT2D eigenvalue weighted by atomic mass is 127. The fourth-order valence-electron chi connectivity index (χ4n) is 1.77. The number of anilines is 1. The summed E-state index contributed by atoms with van der Waals surface area (Å²) in [5.74, 6) is 1.93. The van der Waals surface area contributed by atoms with Crippen molar-refractivity contribution in [2.45, 2.75) is 25.0 Å². The van der Waals surface area contributed by atoms with Crippen molar-refractivity contribution in [1.29, 1.82) is 0 Å². The van der Waals surface area contributed by atoms with Crippen molar-refractivity contribution in [1.82, 2.24) is 0 Å². The van der Waals surface area contributed by atoms with Gasteiger partial charge in [0.25, 0.3) is 0 Å². The minimum atomic E-state index is 0. The Morgan fingerprint density at radius 3 is 2.68 bits per heavy atom. The van der Waals surface area contributed by atoms with Gasteiger partial charge in [-0.2, -0.15) is 11.8 Å². The molecule has 5 nitrogen and oxygen atoms in total. The van der Waals surface area contributed by atoms with Gasteiger partial charge in [-0.05, 0) is 32.2 Å². The van der Waals surface area contributed by atoms with Crippen LogP contribution in [0.4, 0.5) is 5.69 Å². The lowest BCUT2D eigenvalue weighted by molar-refractivity contribution is 0.297. The SMILES string of the molecule is CSC(C)(C)CN=C(N)Nc1ccc2c(c1)OCCCO2.I. The third kappa shape index (κ3) is 5.75. The summed E-state index contributed by atoms with van der Waals surface area (Å²) >= 11 is 1.77. The summed E-state index contributed by atoms with van der Waals surface area (Å²) < 4.78 is 11.3. The largest absolute Gasteiger partial charge is 0.490 e. The van der Waals surface area contributed by atoms with Crippen LogP contribution < -0.4 is 20.5 Å². The number of guanidine groups is 1. The Morgan fingerprint density at radius 2 is 2.00 bits per heavy atom. The van der Waals surface area contributed by atoms with E-state index in [0.717, 1.165) is 23.6 Å². The highest BCUT2D eigenvalue weighted by molar-refractivity contribution is 14.0. The molecule has 0 aromatic heterocycles. The van der Waals surface area contributed by atoms with E-state index in [-0.39, 0.29) is 28.7 Å². The van der Waals surface area contributed by atoms with Gasteiger partial charge in [-0.25, -0.2) is 0 Å². The quantitative estimate of drug-likeness (QED) is 0.430. The van der Waals surface area contributed by atoms with Gasteiger partial charge < -0.3 is 20.5 Å². The fraction of sp³-hybridized carbons (Fsp3) is 0.533. The van der Waals surface area contributed by atoms with Crippen LogP contribution in [0.2, 0.25) is 0 Å². The topological polar surface area (TPSA) is 68.9 Å². The van der Waals surface area contributed by atoms with E-state index in [4.69, 9.17) is 15.2 Å². The molecule has 0 bridgehead atoms. The van der Waals surface area contributed by atoms with E-state index in [1.54, 1.807) is 11.8 Å². The molecule has 0 saturated carbocycles. The first kappa shape index (κ1) is 19.2. The highest BCUT2D eigenvalue weighted by Gasteiger charge is 2.15. The molecule has 7 heteroatoms. The Labute approximate surface area is 153 Å². The van der Waals surface area contributed by atoms with Crippen molar-refractivity contribution in [3.63, 3.8) is 0 Å². The molecule has 3 N–H and O–H groups in total. The number of ether oxygens (including phenoxy) is 2. The molecule has 0 unspecified atom stereocenters. The Bertz CT molecular complexity index is 524. The van der Waals surface area contributed by atoms with Gasteiger partial charge in [-0.3, -0.25) is 4.99 Å². The molecule has 2 rings (SSSR count). The van der Waals surface area contributed by atoms with E-state index in [2.05, 4.69) is 30.4 Å². The number of fused-ring (bicyclic) bond motifs is 1. The molecular formula is C15H24IN3O2S.